The van der Waals surface area contributed by atoms with E-state index in [0.717, 1.165) is 12.1 Å². The number of hydrogen-bond donors (Lipinski definition) is 0. The third kappa shape index (κ3) is 2.44. The molecule has 1 heterocycles. The Balaban J connectivity index is 2.56. The van der Waals surface area contributed by atoms with Crippen molar-refractivity contribution in [1.82, 2.24) is 0 Å². The lowest BCUT2D eigenvalue weighted by molar-refractivity contribution is 1.36. The molecule has 2 rings (SSSR count). The van der Waals surface area contributed by atoms with Crippen molar-refractivity contribution >= 4 is 24.1 Å². The van der Waals surface area contributed by atoms with Crippen LogP contribution in [0.25, 0.3) is 12.2 Å². The lowest BCUT2D eigenvalue weighted by Gasteiger charge is -2.08. The van der Waals surface area contributed by atoms with E-state index in [-0.39, 0.29) is 0 Å². The highest BCUT2D eigenvalue weighted by molar-refractivity contribution is 5.80. The monoisotopic (exact) mass is 223 g/mol. The minimum absolute atomic E-state index is 0.908. The molecule has 1 aromatic carbocycles. The molecule has 1 nitrogen and oxygen atoms in total. The second-order valence-electron chi connectivity index (χ2n) is 4.26. The SMILES string of the molecule is C=C/C(C)=C\c1ccc2c(c1C)N=CCC=C2. The van der Waals surface area contributed by atoms with Crippen LogP contribution in [0.4, 0.5) is 5.69 Å². The van der Waals surface area contributed by atoms with Crippen LogP contribution in [0.5, 0.6) is 0 Å². The quantitative estimate of drug-likeness (QED) is 0.644. The minimum atomic E-state index is 0.908. The Morgan fingerprint density at radius 3 is 3.00 bits per heavy atom. The molecule has 1 aliphatic heterocycles. The van der Waals surface area contributed by atoms with Crippen LogP contribution >= 0.6 is 0 Å². The molecule has 0 unspecified atom stereocenters. The Hall–Kier alpha value is -1.89. The molecule has 17 heavy (non-hydrogen) atoms. The maximum atomic E-state index is 4.54. The molecule has 0 aromatic heterocycles. The summed E-state index contributed by atoms with van der Waals surface area (Å²) in [6.07, 6.45) is 11.2. The molecule has 0 N–H and O–H groups in total. The van der Waals surface area contributed by atoms with Gasteiger partial charge >= 0.3 is 0 Å². The van der Waals surface area contributed by atoms with Crippen LogP contribution in [0.2, 0.25) is 0 Å². The van der Waals surface area contributed by atoms with Gasteiger partial charge in [-0.2, -0.15) is 0 Å². The summed E-state index contributed by atoms with van der Waals surface area (Å²) in [5, 5.41) is 0. The predicted octanol–water partition coefficient (Wildman–Crippen LogP) is 4.70. The van der Waals surface area contributed by atoms with Crippen molar-refractivity contribution in [2.45, 2.75) is 20.3 Å². The summed E-state index contributed by atoms with van der Waals surface area (Å²) in [5.74, 6) is 0. The van der Waals surface area contributed by atoms with Crippen LogP contribution < -0.4 is 0 Å². The molecule has 0 spiro atoms. The number of hydrogen-bond acceptors (Lipinski definition) is 1. The second kappa shape index (κ2) is 4.96. The fourth-order valence-electron chi connectivity index (χ4n) is 1.90. The van der Waals surface area contributed by atoms with Crippen molar-refractivity contribution in [3.8, 4) is 0 Å². The zero-order chi connectivity index (χ0) is 12.3. The van der Waals surface area contributed by atoms with Crippen molar-refractivity contribution in [2.24, 2.45) is 4.99 Å². The number of fused-ring (bicyclic) bond motifs is 1. The first kappa shape index (κ1) is 11.6. The average molecular weight is 223 g/mol. The number of aliphatic imine (C=N–C) groups is 1. The normalized spacial score (nSPS) is 14.4. The summed E-state index contributed by atoms with van der Waals surface area (Å²) in [6, 6.07) is 4.27. The van der Waals surface area contributed by atoms with E-state index in [4.69, 9.17) is 0 Å². The molecule has 1 heteroatoms. The van der Waals surface area contributed by atoms with Gasteiger partial charge in [-0.1, -0.05) is 48.6 Å². The van der Waals surface area contributed by atoms with Gasteiger partial charge in [-0.15, -0.1) is 0 Å². The predicted molar refractivity (Wildman–Crippen MR) is 76.8 cm³/mol. The number of rotatable bonds is 2. The highest BCUT2D eigenvalue weighted by Gasteiger charge is 2.07. The van der Waals surface area contributed by atoms with Crippen LogP contribution in [0.1, 0.15) is 30.0 Å². The van der Waals surface area contributed by atoms with Gasteiger partial charge in [-0.3, -0.25) is 4.99 Å². The van der Waals surface area contributed by atoms with Gasteiger partial charge in [0.1, 0.15) is 0 Å². The summed E-state index contributed by atoms with van der Waals surface area (Å²) in [5.41, 5.74) is 5.90. The molecule has 0 fully saturated rings. The number of benzene rings is 1. The Morgan fingerprint density at radius 2 is 2.24 bits per heavy atom. The minimum Gasteiger partial charge on any atom is -0.260 e. The van der Waals surface area contributed by atoms with E-state index < -0.39 is 0 Å². The Labute approximate surface area is 103 Å². The summed E-state index contributed by atoms with van der Waals surface area (Å²) < 4.78 is 0. The Bertz CT molecular complexity index is 531. The first-order chi connectivity index (χ1) is 8.22. The van der Waals surface area contributed by atoms with Gasteiger partial charge in [0.2, 0.25) is 0 Å². The van der Waals surface area contributed by atoms with Gasteiger partial charge in [-0.05, 0) is 25.0 Å². The first-order valence-corrected chi connectivity index (χ1v) is 5.86. The lowest BCUT2D eigenvalue weighted by Crippen LogP contribution is -1.86. The molecule has 86 valence electrons. The zero-order valence-corrected chi connectivity index (χ0v) is 10.4. The molecule has 0 saturated carbocycles. The Morgan fingerprint density at radius 1 is 1.41 bits per heavy atom. The van der Waals surface area contributed by atoms with E-state index in [0.29, 0.717) is 0 Å². The van der Waals surface area contributed by atoms with E-state index in [1.807, 2.05) is 12.3 Å². The van der Waals surface area contributed by atoms with Gasteiger partial charge in [0.25, 0.3) is 0 Å². The van der Waals surface area contributed by atoms with Crippen LogP contribution in [0, 0.1) is 6.92 Å². The highest BCUT2D eigenvalue weighted by Crippen LogP contribution is 2.30. The summed E-state index contributed by atoms with van der Waals surface area (Å²) >= 11 is 0. The van der Waals surface area contributed by atoms with Crippen LogP contribution in [-0.2, 0) is 0 Å². The summed E-state index contributed by atoms with van der Waals surface area (Å²) in [4.78, 5) is 4.54. The van der Waals surface area contributed by atoms with Crippen molar-refractivity contribution in [1.29, 1.82) is 0 Å². The van der Waals surface area contributed by atoms with E-state index in [1.165, 1.54) is 22.3 Å². The largest absolute Gasteiger partial charge is 0.260 e. The topological polar surface area (TPSA) is 12.4 Å². The summed E-state index contributed by atoms with van der Waals surface area (Å²) in [7, 11) is 0. The van der Waals surface area contributed by atoms with Gasteiger partial charge in [-0.25, -0.2) is 0 Å². The van der Waals surface area contributed by atoms with E-state index in [9.17, 15) is 0 Å². The second-order valence-corrected chi connectivity index (χ2v) is 4.26. The molecule has 0 atom stereocenters. The van der Waals surface area contributed by atoms with Crippen molar-refractivity contribution in [2.75, 3.05) is 0 Å². The van der Waals surface area contributed by atoms with Crippen LogP contribution in [-0.4, -0.2) is 6.21 Å². The fourth-order valence-corrected chi connectivity index (χ4v) is 1.90. The van der Waals surface area contributed by atoms with E-state index in [1.54, 1.807) is 0 Å². The lowest BCUT2D eigenvalue weighted by atomic mass is 10.00. The molecule has 0 bridgehead atoms. The third-order valence-corrected chi connectivity index (χ3v) is 2.97. The van der Waals surface area contributed by atoms with Gasteiger partial charge in [0.15, 0.2) is 0 Å². The standard InChI is InChI=1S/C16H17N/c1-4-12(2)11-15-9-8-14-7-5-6-10-17-16(14)13(15)3/h4-5,7-11H,1,6H2,2-3H3/b12-11-. The van der Waals surface area contributed by atoms with Crippen molar-refractivity contribution in [3.05, 3.63) is 53.1 Å². The highest BCUT2D eigenvalue weighted by atomic mass is 14.7. The molecule has 0 aliphatic carbocycles. The average Bonchev–Trinajstić information content (AvgIpc) is 2.58. The van der Waals surface area contributed by atoms with Crippen LogP contribution in [0.15, 0.2) is 41.4 Å². The van der Waals surface area contributed by atoms with E-state index in [2.05, 4.69) is 55.8 Å². The van der Waals surface area contributed by atoms with Gasteiger partial charge in [0, 0.05) is 18.2 Å². The molecule has 0 amide bonds. The van der Waals surface area contributed by atoms with E-state index >= 15 is 0 Å². The Kier molecular flexibility index (Phi) is 3.38. The smallest absolute Gasteiger partial charge is 0.0733 e. The van der Waals surface area contributed by atoms with Crippen molar-refractivity contribution in [3.63, 3.8) is 0 Å². The maximum Gasteiger partial charge on any atom is 0.0733 e. The molecule has 1 aliphatic rings. The van der Waals surface area contributed by atoms with Crippen LogP contribution in [0.3, 0.4) is 0 Å². The van der Waals surface area contributed by atoms with Gasteiger partial charge < -0.3 is 0 Å². The molecular weight excluding hydrogens is 206 g/mol. The molecule has 1 aromatic rings. The molecule has 0 radical (unpaired) electrons. The maximum absolute atomic E-state index is 4.54. The number of nitrogens with zero attached hydrogens (tertiary/aromatic N) is 1. The molecular formula is C16H17N. The molecule has 0 saturated heterocycles. The number of allylic oxidation sites excluding steroid dienone is 3. The summed E-state index contributed by atoms with van der Waals surface area (Å²) in [6.45, 7) is 7.96. The fraction of sp³-hybridized carbons (Fsp3) is 0.188. The van der Waals surface area contributed by atoms with Gasteiger partial charge in [0.05, 0.1) is 5.69 Å². The third-order valence-electron chi connectivity index (χ3n) is 2.97. The van der Waals surface area contributed by atoms with Crippen molar-refractivity contribution < 1.29 is 0 Å². The zero-order valence-electron chi connectivity index (χ0n) is 10.4. The first-order valence-electron chi connectivity index (χ1n) is 5.86.